The van der Waals surface area contributed by atoms with Crippen molar-refractivity contribution in [2.75, 3.05) is 19.7 Å². The summed E-state index contributed by atoms with van der Waals surface area (Å²) in [4.78, 5) is 10.7. The predicted molar refractivity (Wildman–Crippen MR) is 94.4 cm³/mol. The Kier molecular flexibility index (Phi) is 5.78. The van der Waals surface area contributed by atoms with Crippen molar-refractivity contribution in [1.29, 1.82) is 5.26 Å². The molecule has 0 spiro atoms. The van der Waals surface area contributed by atoms with Gasteiger partial charge in [-0.25, -0.2) is 9.97 Å². The maximum absolute atomic E-state index is 8.87. The maximum Gasteiger partial charge on any atom is 0.316 e. The first-order valence-electron chi connectivity index (χ1n) is 8.04. The molecule has 0 amide bonds. The summed E-state index contributed by atoms with van der Waals surface area (Å²) in [6.07, 6.45) is 5.73. The molecule has 1 aromatic carbocycles. The molecule has 1 aliphatic rings. The second kappa shape index (κ2) is 8.22. The molecule has 3 rings (SSSR count). The number of aromatic nitrogens is 2. The fourth-order valence-corrected chi connectivity index (χ4v) is 3.15. The fourth-order valence-electron chi connectivity index (χ4n) is 2.94. The first-order valence-corrected chi connectivity index (χ1v) is 8.84. The lowest BCUT2D eigenvalue weighted by molar-refractivity contribution is 0.120. The summed E-state index contributed by atoms with van der Waals surface area (Å²) >= 11 is 3.32. The molecule has 6 heteroatoms. The Balaban J connectivity index is 1.50. The van der Waals surface area contributed by atoms with Gasteiger partial charge in [0.1, 0.15) is 0 Å². The van der Waals surface area contributed by atoms with Crippen LogP contribution in [0.1, 0.15) is 24.0 Å². The van der Waals surface area contributed by atoms with Gasteiger partial charge in [0, 0.05) is 31.4 Å². The number of likely N-dealkylation sites (tertiary alicyclic amines) is 1. The van der Waals surface area contributed by atoms with Gasteiger partial charge in [-0.05, 0) is 53.0 Å². The zero-order chi connectivity index (χ0) is 16.8. The molecule has 0 saturated carbocycles. The Labute approximate surface area is 150 Å². The molecule has 1 fully saturated rings. The molecule has 2 aromatic rings. The molecule has 1 saturated heterocycles. The van der Waals surface area contributed by atoms with Gasteiger partial charge in [-0.15, -0.1) is 0 Å². The van der Waals surface area contributed by atoms with Crippen LogP contribution in [-0.2, 0) is 6.54 Å². The van der Waals surface area contributed by atoms with Gasteiger partial charge in [0.2, 0.25) is 0 Å². The third-order valence-electron chi connectivity index (χ3n) is 4.14. The zero-order valence-corrected chi connectivity index (χ0v) is 14.9. The topological polar surface area (TPSA) is 62.0 Å². The van der Waals surface area contributed by atoms with Gasteiger partial charge >= 0.3 is 6.01 Å². The van der Waals surface area contributed by atoms with E-state index in [-0.39, 0.29) is 0 Å². The molecule has 0 bridgehead atoms. The van der Waals surface area contributed by atoms with Gasteiger partial charge in [0.25, 0.3) is 0 Å². The minimum absolute atomic E-state index is 0.433. The van der Waals surface area contributed by atoms with Gasteiger partial charge in [-0.3, -0.25) is 4.90 Å². The first kappa shape index (κ1) is 16.9. The highest BCUT2D eigenvalue weighted by molar-refractivity contribution is 9.10. The first-order chi connectivity index (χ1) is 11.7. The number of rotatable bonds is 5. The van der Waals surface area contributed by atoms with Crippen molar-refractivity contribution in [3.8, 4) is 12.1 Å². The molecule has 1 aliphatic heterocycles. The number of benzene rings is 1. The average molecular weight is 387 g/mol. The second-order valence-electron chi connectivity index (χ2n) is 6.05. The van der Waals surface area contributed by atoms with E-state index in [2.05, 4.69) is 36.9 Å². The molecule has 0 radical (unpaired) electrons. The van der Waals surface area contributed by atoms with E-state index in [4.69, 9.17) is 10.00 Å². The molecule has 5 nitrogen and oxygen atoms in total. The summed E-state index contributed by atoms with van der Waals surface area (Å²) < 4.78 is 6.57. The monoisotopic (exact) mass is 386 g/mol. The SMILES string of the molecule is N#Cc1ccc(CN2CCCC(COc3ncc(Br)cn3)C2)cc1. The lowest BCUT2D eigenvalue weighted by Crippen LogP contribution is -2.37. The van der Waals surface area contributed by atoms with Crippen molar-refractivity contribution in [2.45, 2.75) is 19.4 Å². The molecular weight excluding hydrogens is 368 g/mol. The summed E-state index contributed by atoms with van der Waals surface area (Å²) in [5.41, 5.74) is 1.95. The number of nitrogens with zero attached hydrogens (tertiary/aromatic N) is 4. The Morgan fingerprint density at radius 3 is 2.71 bits per heavy atom. The van der Waals surface area contributed by atoms with Crippen LogP contribution in [0.5, 0.6) is 6.01 Å². The van der Waals surface area contributed by atoms with Crippen LogP contribution in [0.4, 0.5) is 0 Å². The Morgan fingerprint density at radius 2 is 2.00 bits per heavy atom. The van der Waals surface area contributed by atoms with Gasteiger partial charge in [0.05, 0.1) is 22.7 Å². The normalized spacial score (nSPS) is 18.1. The summed E-state index contributed by atoms with van der Waals surface area (Å²) in [7, 11) is 0. The van der Waals surface area contributed by atoms with Crippen molar-refractivity contribution in [3.05, 3.63) is 52.3 Å². The minimum Gasteiger partial charge on any atom is -0.463 e. The van der Waals surface area contributed by atoms with E-state index in [1.54, 1.807) is 12.4 Å². The highest BCUT2D eigenvalue weighted by atomic mass is 79.9. The van der Waals surface area contributed by atoms with Gasteiger partial charge in [-0.1, -0.05) is 12.1 Å². The van der Waals surface area contributed by atoms with Crippen LogP contribution >= 0.6 is 15.9 Å². The van der Waals surface area contributed by atoms with E-state index in [0.29, 0.717) is 24.1 Å². The molecule has 2 heterocycles. The fraction of sp³-hybridized carbons (Fsp3) is 0.389. The highest BCUT2D eigenvalue weighted by Gasteiger charge is 2.21. The van der Waals surface area contributed by atoms with Crippen LogP contribution in [0, 0.1) is 17.2 Å². The number of hydrogen-bond acceptors (Lipinski definition) is 5. The highest BCUT2D eigenvalue weighted by Crippen LogP contribution is 2.20. The summed E-state index contributed by atoms with van der Waals surface area (Å²) in [6.45, 7) is 3.67. The van der Waals surface area contributed by atoms with Crippen molar-refractivity contribution in [1.82, 2.24) is 14.9 Å². The van der Waals surface area contributed by atoms with E-state index >= 15 is 0 Å². The number of ether oxygens (including phenoxy) is 1. The average Bonchev–Trinajstić information content (AvgIpc) is 2.62. The summed E-state index contributed by atoms with van der Waals surface area (Å²) in [6, 6.07) is 10.4. The van der Waals surface area contributed by atoms with E-state index in [9.17, 15) is 0 Å². The molecule has 0 aliphatic carbocycles. The lowest BCUT2D eigenvalue weighted by atomic mass is 9.98. The number of halogens is 1. The largest absolute Gasteiger partial charge is 0.463 e. The van der Waals surface area contributed by atoms with Gasteiger partial charge in [-0.2, -0.15) is 5.26 Å². The molecule has 24 heavy (non-hydrogen) atoms. The van der Waals surface area contributed by atoms with Crippen LogP contribution in [0.25, 0.3) is 0 Å². The quantitative estimate of drug-likeness (QED) is 0.787. The van der Waals surface area contributed by atoms with Crippen LogP contribution in [0.15, 0.2) is 41.1 Å². The van der Waals surface area contributed by atoms with E-state index in [0.717, 1.165) is 24.1 Å². The minimum atomic E-state index is 0.433. The molecular formula is C18H19BrN4O. The third kappa shape index (κ3) is 4.76. The van der Waals surface area contributed by atoms with Crippen LogP contribution < -0.4 is 4.74 Å². The van der Waals surface area contributed by atoms with Crippen molar-refractivity contribution < 1.29 is 4.74 Å². The van der Waals surface area contributed by atoms with Crippen molar-refractivity contribution in [3.63, 3.8) is 0 Å². The van der Waals surface area contributed by atoms with Crippen LogP contribution in [-0.4, -0.2) is 34.6 Å². The predicted octanol–water partition coefficient (Wildman–Crippen LogP) is 3.40. The molecule has 124 valence electrons. The van der Waals surface area contributed by atoms with E-state index in [1.807, 2.05) is 24.3 Å². The maximum atomic E-state index is 8.87. The molecule has 1 atom stereocenters. The third-order valence-corrected chi connectivity index (χ3v) is 4.55. The van der Waals surface area contributed by atoms with E-state index < -0.39 is 0 Å². The second-order valence-corrected chi connectivity index (χ2v) is 6.96. The summed E-state index contributed by atoms with van der Waals surface area (Å²) in [5.74, 6) is 0.490. The molecule has 1 aromatic heterocycles. The number of piperidine rings is 1. The summed E-state index contributed by atoms with van der Waals surface area (Å²) in [5, 5.41) is 8.87. The standard InChI is InChI=1S/C18H19BrN4O/c19-17-9-21-18(22-10-17)24-13-16-2-1-7-23(12-16)11-15-5-3-14(8-20)4-6-15/h3-6,9-10,16H,1-2,7,11-13H2. The lowest BCUT2D eigenvalue weighted by Gasteiger charge is -2.32. The van der Waals surface area contributed by atoms with Crippen molar-refractivity contribution in [2.24, 2.45) is 5.92 Å². The van der Waals surface area contributed by atoms with Crippen molar-refractivity contribution >= 4 is 15.9 Å². The van der Waals surface area contributed by atoms with E-state index in [1.165, 1.54) is 18.4 Å². The molecule has 0 N–H and O–H groups in total. The Hall–Kier alpha value is -1.97. The Morgan fingerprint density at radius 1 is 1.25 bits per heavy atom. The number of nitriles is 1. The van der Waals surface area contributed by atoms with Gasteiger partial charge < -0.3 is 4.74 Å². The zero-order valence-electron chi connectivity index (χ0n) is 13.4. The Bertz CT molecular complexity index is 696. The van der Waals surface area contributed by atoms with Crippen LogP contribution in [0.3, 0.4) is 0 Å². The smallest absolute Gasteiger partial charge is 0.316 e. The molecule has 1 unspecified atom stereocenters. The van der Waals surface area contributed by atoms with Crippen LogP contribution in [0.2, 0.25) is 0 Å². The van der Waals surface area contributed by atoms with Gasteiger partial charge in [0.15, 0.2) is 0 Å². The number of hydrogen-bond donors (Lipinski definition) is 0.